The van der Waals surface area contributed by atoms with Gasteiger partial charge in [0, 0.05) is 0 Å². The number of hydrogen-bond donors (Lipinski definition) is 1. The Bertz CT molecular complexity index is 425. The number of aryl methyl sites for hydroxylation is 2. The SMILES string of the molecule is Cc1ccc(C)c(C(C#N)C2CCCNC2)c1. The molecule has 0 amide bonds. The number of nitrogens with zero attached hydrogens (tertiary/aromatic N) is 1. The van der Waals surface area contributed by atoms with Gasteiger partial charge >= 0.3 is 0 Å². The minimum Gasteiger partial charge on any atom is -0.316 e. The van der Waals surface area contributed by atoms with E-state index in [0.717, 1.165) is 13.1 Å². The number of nitrogens with one attached hydrogen (secondary N) is 1. The highest BCUT2D eigenvalue weighted by molar-refractivity contribution is 5.37. The summed E-state index contributed by atoms with van der Waals surface area (Å²) in [5.74, 6) is 0.511. The van der Waals surface area contributed by atoms with E-state index in [4.69, 9.17) is 0 Å². The fraction of sp³-hybridized carbons (Fsp3) is 0.533. The van der Waals surface area contributed by atoms with Crippen LogP contribution in [-0.2, 0) is 0 Å². The summed E-state index contributed by atoms with van der Waals surface area (Å²) in [4.78, 5) is 0. The van der Waals surface area contributed by atoms with Crippen molar-refractivity contribution in [2.75, 3.05) is 13.1 Å². The normalized spacial score (nSPS) is 21.8. The van der Waals surface area contributed by atoms with Gasteiger partial charge in [-0.2, -0.15) is 5.26 Å². The van der Waals surface area contributed by atoms with Gasteiger partial charge in [-0.05, 0) is 56.8 Å². The van der Waals surface area contributed by atoms with E-state index in [1.165, 1.54) is 29.5 Å². The summed E-state index contributed by atoms with van der Waals surface area (Å²) in [6.07, 6.45) is 2.35. The molecule has 0 bridgehead atoms. The van der Waals surface area contributed by atoms with Crippen molar-refractivity contribution < 1.29 is 0 Å². The first-order valence-electron chi connectivity index (χ1n) is 6.40. The van der Waals surface area contributed by atoms with Crippen molar-refractivity contribution in [3.8, 4) is 6.07 Å². The van der Waals surface area contributed by atoms with Crippen LogP contribution in [-0.4, -0.2) is 13.1 Å². The topological polar surface area (TPSA) is 35.8 Å². The van der Waals surface area contributed by atoms with Crippen LogP contribution < -0.4 is 5.32 Å². The summed E-state index contributed by atoms with van der Waals surface area (Å²) in [5, 5.41) is 12.9. The molecule has 2 heteroatoms. The number of rotatable bonds is 2. The quantitative estimate of drug-likeness (QED) is 0.844. The second-order valence-electron chi connectivity index (χ2n) is 5.07. The van der Waals surface area contributed by atoms with Crippen LogP contribution in [0.25, 0.3) is 0 Å². The van der Waals surface area contributed by atoms with Crippen molar-refractivity contribution in [3.63, 3.8) is 0 Å². The Morgan fingerprint density at radius 2 is 2.24 bits per heavy atom. The Hall–Kier alpha value is -1.33. The van der Waals surface area contributed by atoms with E-state index >= 15 is 0 Å². The molecule has 1 aromatic rings. The summed E-state index contributed by atoms with van der Waals surface area (Å²) in [5.41, 5.74) is 3.71. The monoisotopic (exact) mass is 228 g/mol. The second-order valence-corrected chi connectivity index (χ2v) is 5.07. The molecule has 1 aliphatic heterocycles. The predicted octanol–water partition coefficient (Wildman–Crippen LogP) is 2.91. The third-order valence-corrected chi connectivity index (χ3v) is 3.72. The lowest BCUT2D eigenvalue weighted by molar-refractivity contribution is 0.354. The molecule has 0 aliphatic carbocycles. The molecule has 1 heterocycles. The average molecular weight is 228 g/mol. The molecule has 2 rings (SSSR count). The number of piperidine rings is 1. The fourth-order valence-corrected chi connectivity index (χ4v) is 2.69. The summed E-state index contributed by atoms with van der Waals surface area (Å²) in [6, 6.07) is 8.94. The molecule has 2 unspecified atom stereocenters. The molecule has 1 aliphatic rings. The van der Waals surface area contributed by atoms with E-state index < -0.39 is 0 Å². The van der Waals surface area contributed by atoms with Crippen LogP contribution in [0, 0.1) is 31.1 Å². The molecule has 0 spiro atoms. The number of hydrogen-bond acceptors (Lipinski definition) is 2. The third-order valence-electron chi connectivity index (χ3n) is 3.72. The Kier molecular flexibility index (Phi) is 3.81. The van der Waals surface area contributed by atoms with Crippen molar-refractivity contribution in [1.82, 2.24) is 5.32 Å². The van der Waals surface area contributed by atoms with Crippen LogP contribution in [0.3, 0.4) is 0 Å². The van der Waals surface area contributed by atoms with Crippen LogP contribution in [0.5, 0.6) is 0 Å². The van der Waals surface area contributed by atoms with Crippen LogP contribution in [0.15, 0.2) is 18.2 Å². The molecule has 0 aromatic heterocycles. The lowest BCUT2D eigenvalue weighted by Crippen LogP contribution is -2.33. The minimum atomic E-state index is 0.0442. The third kappa shape index (κ3) is 2.68. The smallest absolute Gasteiger partial charge is 0.0755 e. The second kappa shape index (κ2) is 5.33. The van der Waals surface area contributed by atoms with E-state index in [-0.39, 0.29) is 5.92 Å². The zero-order chi connectivity index (χ0) is 12.3. The van der Waals surface area contributed by atoms with Gasteiger partial charge in [-0.3, -0.25) is 0 Å². The van der Waals surface area contributed by atoms with Crippen molar-refractivity contribution >= 4 is 0 Å². The summed E-state index contributed by atoms with van der Waals surface area (Å²) in [7, 11) is 0. The van der Waals surface area contributed by atoms with Crippen LogP contribution in [0.1, 0.15) is 35.4 Å². The van der Waals surface area contributed by atoms with Crippen molar-refractivity contribution in [1.29, 1.82) is 5.26 Å². The summed E-state index contributed by atoms with van der Waals surface area (Å²) < 4.78 is 0. The van der Waals surface area contributed by atoms with Crippen LogP contribution in [0.2, 0.25) is 0 Å². The molecule has 1 aromatic carbocycles. The zero-order valence-electron chi connectivity index (χ0n) is 10.7. The first-order chi connectivity index (χ1) is 8.22. The van der Waals surface area contributed by atoms with E-state index in [9.17, 15) is 5.26 Å². The van der Waals surface area contributed by atoms with Crippen LogP contribution in [0.4, 0.5) is 0 Å². The van der Waals surface area contributed by atoms with Gasteiger partial charge in [0.05, 0.1) is 12.0 Å². The summed E-state index contributed by atoms with van der Waals surface area (Å²) >= 11 is 0. The highest BCUT2D eigenvalue weighted by atomic mass is 14.9. The maximum Gasteiger partial charge on any atom is 0.0755 e. The van der Waals surface area contributed by atoms with Crippen molar-refractivity contribution in [3.05, 3.63) is 34.9 Å². The van der Waals surface area contributed by atoms with Gasteiger partial charge in [0.1, 0.15) is 0 Å². The van der Waals surface area contributed by atoms with E-state index in [1.807, 2.05) is 0 Å². The molecule has 2 nitrogen and oxygen atoms in total. The minimum absolute atomic E-state index is 0.0442. The lowest BCUT2D eigenvalue weighted by atomic mass is 9.80. The fourth-order valence-electron chi connectivity index (χ4n) is 2.69. The van der Waals surface area contributed by atoms with Gasteiger partial charge in [-0.15, -0.1) is 0 Å². The van der Waals surface area contributed by atoms with Crippen LogP contribution >= 0.6 is 0 Å². The van der Waals surface area contributed by atoms with Gasteiger partial charge in [-0.25, -0.2) is 0 Å². The largest absolute Gasteiger partial charge is 0.316 e. The van der Waals surface area contributed by atoms with E-state index in [1.54, 1.807) is 0 Å². The number of benzene rings is 1. The summed E-state index contributed by atoms with van der Waals surface area (Å²) in [6.45, 7) is 6.28. The molecule has 1 fully saturated rings. The van der Waals surface area contributed by atoms with Gasteiger partial charge < -0.3 is 5.32 Å². The van der Waals surface area contributed by atoms with E-state index in [2.05, 4.69) is 43.4 Å². The standard InChI is InChI=1S/C15H20N2/c1-11-5-6-12(2)14(8-11)15(9-16)13-4-3-7-17-10-13/h5-6,8,13,15,17H,3-4,7,10H2,1-2H3. The van der Waals surface area contributed by atoms with Gasteiger partial charge in [0.15, 0.2) is 0 Å². The highest BCUT2D eigenvalue weighted by Gasteiger charge is 2.25. The molecular weight excluding hydrogens is 208 g/mol. The molecule has 0 radical (unpaired) electrons. The molecule has 1 N–H and O–H groups in total. The first-order valence-corrected chi connectivity index (χ1v) is 6.40. The van der Waals surface area contributed by atoms with Gasteiger partial charge in [0.2, 0.25) is 0 Å². The average Bonchev–Trinajstić information content (AvgIpc) is 2.36. The molecular formula is C15H20N2. The Morgan fingerprint density at radius 1 is 1.41 bits per heavy atom. The predicted molar refractivity (Wildman–Crippen MR) is 69.9 cm³/mol. The van der Waals surface area contributed by atoms with Gasteiger partial charge in [-0.1, -0.05) is 23.8 Å². The van der Waals surface area contributed by atoms with Gasteiger partial charge in [0.25, 0.3) is 0 Å². The first kappa shape index (κ1) is 12.1. The van der Waals surface area contributed by atoms with Crippen molar-refractivity contribution in [2.45, 2.75) is 32.6 Å². The Labute approximate surface area is 104 Å². The lowest BCUT2D eigenvalue weighted by Gasteiger charge is -2.27. The highest BCUT2D eigenvalue weighted by Crippen LogP contribution is 2.31. The zero-order valence-corrected chi connectivity index (χ0v) is 10.7. The maximum atomic E-state index is 9.47. The Morgan fingerprint density at radius 3 is 2.88 bits per heavy atom. The number of nitriles is 1. The Balaban J connectivity index is 2.28. The molecule has 90 valence electrons. The molecule has 2 atom stereocenters. The van der Waals surface area contributed by atoms with E-state index in [0.29, 0.717) is 5.92 Å². The molecule has 1 saturated heterocycles. The molecule has 17 heavy (non-hydrogen) atoms. The molecule has 0 saturated carbocycles. The maximum absolute atomic E-state index is 9.47. The van der Waals surface area contributed by atoms with Crippen molar-refractivity contribution in [2.24, 2.45) is 5.92 Å².